The number of carbonyl (C=O) groups is 6. The summed E-state index contributed by atoms with van der Waals surface area (Å²) in [5.74, 6) is -0.354. The van der Waals surface area contributed by atoms with Crippen LogP contribution < -0.4 is 55.4 Å². The standard InChI is InChI=1S/C59H65N9O10/c1-6-36(7-2)29-63-66-55(70)19-13-12-18-54(69)62-32-56(71)64-35(3)57(72)65-41-21-37(33-77-52-27-46-44(25-50(52)75-4)58(73)67-42(30-60-46)23-39-14-8-10-16-48(39)67)20-38(22-41)34-78-53-28-47-45(26-51(53)76-5)59(74)68-43(31-61-47)24-40-15-9-11-17-49(40)68/h8-11,14-17,20-22,25-30,35-36,42-43,61H,6-7,12-13,18-19,23-24,31-34H2,1-5H3,(H,62,69)(H,64,71)(H,65,72)(H,66,70)/t35?,42-,43?/m0/s1. The van der Waals surface area contributed by atoms with Gasteiger partial charge in [-0.3, -0.25) is 38.7 Å². The molecule has 0 saturated carbocycles. The van der Waals surface area contributed by atoms with E-state index in [-0.39, 0.29) is 68.3 Å². The van der Waals surface area contributed by atoms with Crippen LogP contribution in [-0.2, 0) is 45.2 Å². The Morgan fingerprint density at radius 1 is 0.744 bits per heavy atom. The number of anilines is 4. The minimum absolute atomic E-state index is 0.00602. The number of rotatable bonds is 22. The van der Waals surface area contributed by atoms with Crippen molar-refractivity contribution >= 4 is 76.3 Å². The molecule has 0 aliphatic carbocycles. The van der Waals surface area contributed by atoms with Crippen molar-refractivity contribution in [3.05, 3.63) is 124 Å². The molecule has 6 amide bonds. The predicted molar refractivity (Wildman–Crippen MR) is 298 cm³/mol. The van der Waals surface area contributed by atoms with Crippen molar-refractivity contribution in [2.45, 2.75) is 103 Å². The monoisotopic (exact) mass is 1060 g/mol. The zero-order valence-corrected chi connectivity index (χ0v) is 44.5. The molecule has 0 spiro atoms. The molecule has 0 aromatic heterocycles. The molecule has 4 aliphatic rings. The third-order valence-corrected chi connectivity index (χ3v) is 14.4. The van der Waals surface area contributed by atoms with Gasteiger partial charge in [-0.25, -0.2) is 5.43 Å². The highest BCUT2D eigenvalue weighted by Gasteiger charge is 2.39. The lowest BCUT2D eigenvalue weighted by atomic mass is 10.1. The zero-order valence-electron chi connectivity index (χ0n) is 44.5. The van der Waals surface area contributed by atoms with Gasteiger partial charge in [0.05, 0.1) is 55.3 Å². The maximum atomic E-state index is 14.1. The van der Waals surface area contributed by atoms with Crippen LogP contribution in [0.1, 0.15) is 102 Å². The van der Waals surface area contributed by atoms with Gasteiger partial charge in [0, 0.05) is 67.4 Å². The van der Waals surface area contributed by atoms with Crippen molar-refractivity contribution < 1.29 is 47.7 Å². The van der Waals surface area contributed by atoms with E-state index in [1.807, 2.05) is 59.5 Å². The molecule has 2 unspecified atom stereocenters. The zero-order chi connectivity index (χ0) is 54.9. The molecule has 0 fully saturated rings. The number of amides is 6. The highest BCUT2D eigenvalue weighted by Crippen LogP contribution is 2.43. The lowest BCUT2D eigenvalue weighted by Crippen LogP contribution is -2.45. The first-order chi connectivity index (χ1) is 37.8. The number of ether oxygens (including phenoxy) is 4. The fourth-order valence-electron chi connectivity index (χ4n) is 10.1. The van der Waals surface area contributed by atoms with Gasteiger partial charge < -0.3 is 45.1 Å². The predicted octanol–water partition coefficient (Wildman–Crippen LogP) is 7.80. The quantitative estimate of drug-likeness (QED) is 0.0255. The van der Waals surface area contributed by atoms with Crippen molar-refractivity contribution in [2.75, 3.05) is 47.7 Å². The highest BCUT2D eigenvalue weighted by atomic mass is 16.5. The minimum atomic E-state index is -1.01. The molecule has 19 nitrogen and oxygen atoms in total. The van der Waals surface area contributed by atoms with Gasteiger partial charge in [-0.1, -0.05) is 50.2 Å². The summed E-state index contributed by atoms with van der Waals surface area (Å²) in [6, 6.07) is 26.5. The van der Waals surface area contributed by atoms with E-state index in [0.717, 1.165) is 41.8 Å². The molecule has 0 radical (unpaired) electrons. The lowest BCUT2D eigenvalue weighted by molar-refractivity contribution is -0.128. The van der Waals surface area contributed by atoms with Crippen LogP contribution in [0.5, 0.6) is 23.0 Å². The topological polar surface area (TPSA) is 231 Å². The van der Waals surface area contributed by atoms with Gasteiger partial charge in [-0.05, 0) is 110 Å². The first-order valence-electron chi connectivity index (χ1n) is 26.5. The molecule has 5 aromatic rings. The van der Waals surface area contributed by atoms with Gasteiger partial charge in [0.2, 0.25) is 23.6 Å². The molecule has 4 aliphatic heterocycles. The second kappa shape index (κ2) is 24.5. The summed E-state index contributed by atoms with van der Waals surface area (Å²) in [7, 11) is 3.00. The summed E-state index contributed by atoms with van der Waals surface area (Å²) < 4.78 is 24.4. The van der Waals surface area contributed by atoms with E-state index >= 15 is 0 Å². The van der Waals surface area contributed by atoms with E-state index in [2.05, 4.69) is 45.6 Å². The van der Waals surface area contributed by atoms with Crippen LogP contribution in [0.3, 0.4) is 0 Å². The molecule has 0 bridgehead atoms. The van der Waals surface area contributed by atoms with Gasteiger partial charge in [-0.2, -0.15) is 5.10 Å². The van der Waals surface area contributed by atoms with Gasteiger partial charge >= 0.3 is 0 Å². The number of hydrogen-bond donors (Lipinski definition) is 5. The summed E-state index contributed by atoms with van der Waals surface area (Å²) in [5, 5.41) is 15.6. The Kier molecular flexibility index (Phi) is 17.0. The fourth-order valence-corrected chi connectivity index (χ4v) is 10.1. The number of unbranched alkanes of at least 4 members (excludes halogenated alkanes) is 1. The molecule has 4 heterocycles. The molecular weight excluding hydrogens is 995 g/mol. The number of hydrogen-bond acceptors (Lipinski definition) is 13. The molecule has 406 valence electrons. The van der Waals surface area contributed by atoms with Crippen molar-refractivity contribution in [1.82, 2.24) is 16.1 Å². The Balaban J connectivity index is 0.875. The SMILES string of the molecule is CCC(C=NNC(=O)CCCCC(=O)NCC(=O)NC(C)C(=O)Nc1cc(COc2cc3c(cc2OC)C(=O)N2c4ccccc4C[C@H]2C=N3)cc(COc2cc3c(cc2OC)C(=O)N2c4ccccc4CC2CN3)c1)CC. The summed E-state index contributed by atoms with van der Waals surface area (Å²) in [6.45, 7) is 5.80. The number of methoxy groups -OCH3 is 2. The first kappa shape index (κ1) is 54.1. The Hall–Kier alpha value is -8.74. The number of carbonyl (C=O) groups excluding carboxylic acids is 6. The van der Waals surface area contributed by atoms with E-state index in [0.29, 0.717) is 94.0 Å². The number of nitrogens with one attached hydrogen (secondary N) is 5. The van der Waals surface area contributed by atoms with Crippen LogP contribution in [0.15, 0.2) is 101 Å². The van der Waals surface area contributed by atoms with Gasteiger partial charge in [0.1, 0.15) is 19.3 Å². The largest absolute Gasteiger partial charge is 0.493 e. The summed E-state index contributed by atoms with van der Waals surface area (Å²) in [5.41, 5.74) is 9.92. The molecular formula is C59H65N9O10. The number of aliphatic imine (C=N–C) groups is 1. The molecule has 5 aromatic carbocycles. The highest BCUT2D eigenvalue weighted by molar-refractivity contribution is 6.15. The van der Waals surface area contributed by atoms with Crippen LogP contribution >= 0.6 is 0 Å². The van der Waals surface area contributed by atoms with Crippen LogP contribution in [0, 0.1) is 5.92 Å². The third kappa shape index (κ3) is 12.3. The van der Waals surface area contributed by atoms with Crippen molar-refractivity contribution in [1.29, 1.82) is 0 Å². The third-order valence-electron chi connectivity index (χ3n) is 14.4. The van der Waals surface area contributed by atoms with Gasteiger partial charge in [0.15, 0.2) is 23.0 Å². The van der Waals surface area contributed by atoms with Crippen LogP contribution in [0.25, 0.3) is 0 Å². The Labute approximate surface area is 453 Å². The number of hydrazone groups is 1. The Bertz CT molecular complexity index is 3170. The smallest absolute Gasteiger partial charge is 0.261 e. The normalized spacial score (nSPS) is 16.1. The molecule has 3 atom stereocenters. The first-order valence-corrected chi connectivity index (χ1v) is 26.5. The molecule has 9 rings (SSSR count). The molecule has 5 N–H and O–H groups in total. The molecule has 0 saturated heterocycles. The van der Waals surface area contributed by atoms with Crippen LogP contribution in [0.2, 0.25) is 0 Å². The second-order valence-electron chi connectivity index (χ2n) is 19.7. The van der Waals surface area contributed by atoms with Gasteiger partial charge in [0.25, 0.3) is 11.8 Å². The summed E-state index contributed by atoms with van der Waals surface area (Å²) in [4.78, 5) is 87.9. The van der Waals surface area contributed by atoms with E-state index < -0.39 is 17.9 Å². The average Bonchev–Trinajstić information content (AvgIpc) is 4.02. The van der Waals surface area contributed by atoms with Crippen molar-refractivity contribution in [3.8, 4) is 23.0 Å². The number of nitrogens with zero attached hydrogens (tertiary/aromatic N) is 4. The maximum Gasteiger partial charge on any atom is 0.261 e. The van der Waals surface area contributed by atoms with Crippen LogP contribution in [-0.4, -0.2) is 93.3 Å². The number of fused-ring (bicyclic) bond motifs is 8. The maximum absolute atomic E-state index is 14.1. The van der Waals surface area contributed by atoms with E-state index in [4.69, 9.17) is 23.9 Å². The van der Waals surface area contributed by atoms with E-state index in [9.17, 15) is 28.8 Å². The fraction of sp³-hybridized carbons (Fsp3) is 0.356. The van der Waals surface area contributed by atoms with Crippen LogP contribution in [0.4, 0.5) is 28.4 Å². The molecule has 78 heavy (non-hydrogen) atoms. The van der Waals surface area contributed by atoms with E-state index in [1.54, 1.807) is 53.7 Å². The summed E-state index contributed by atoms with van der Waals surface area (Å²) in [6.07, 6.45) is 8.00. The molecule has 19 heteroatoms. The average molecular weight is 1060 g/mol. The summed E-state index contributed by atoms with van der Waals surface area (Å²) >= 11 is 0. The second-order valence-corrected chi connectivity index (χ2v) is 19.7. The number of para-hydroxylation sites is 2. The Morgan fingerprint density at radius 3 is 2.04 bits per heavy atom. The van der Waals surface area contributed by atoms with Gasteiger partial charge in [-0.15, -0.1) is 0 Å². The lowest BCUT2D eigenvalue weighted by Gasteiger charge is -2.22. The minimum Gasteiger partial charge on any atom is -0.493 e. The number of benzene rings is 5. The van der Waals surface area contributed by atoms with E-state index in [1.165, 1.54) is 21.1 Å². The Morgan fingerprint density at radius 2 is 1.36 bits per heavy atom. The van der Waals surface area contributed by atoms with Crippen molar-refractivity contribution in [2.24, 2.45) is 16.0 Å². The van der Waals surface area contributed by atoms with Crippen molar-refractivity contribution in [3.63, 3.8) is 0 Å².